The summed E-state index contributed by atoms with van der Waals surface area (Å²) in [5, 5.41) is 7.77. The Bertz CT molecular complexity index is 480. The van der Waals surface area contributed by atoms with Crippen LogP contribution in [-0.2, 0) is 6.42 Å². The normalized spacial score (nSPS) is 15.0. The van der Waals surface area contributed by atoms with Gasteiger partial charge in [-0.1, -0.05) is 13.8 Å². The molecule has 0 aliphatic carbocycles. The molecule has 19 heavy (non-hydrogen) atoms. The molecule has 1 fully saturated rings. The summed E-state index contributed by atoms with van der Waals surface area (Å²) in [4.78, 5) is 25.0. The van der Waals surface area contributed by atoms with Crippen LogP contribution >= 0.6 is 0 Å². The number of nitrogens with zero attached hydrogens (tertiary/aromatic N) is 3. The molecule has 0 bridgehead atoms. The molecule has 0 unspecified atom stereocenters. The Morgan fingerprint density at radius 3 is 2.63 bits per heavy atom. The van der Waals surface area contributed by atoms with Crippen molar-refractivity contribution in [1.82, 2.24) is 15.1 Å². The first-order valence-corrected chi connectivity index (χ1v) is 6.73. The minimum atomic E-state index is -0.0764. The van der Waals surface area contributed by atoms with Crippen molar-refractivity contribution in [3.8, 4) is 0 Å². The second-order valence-electron chi connectivity index (χ2n) is 5.36. The summed E-state index contributed by atoms with van der Waals surface area (Å²) in [5.41, 5.74) is 1.50. The number of hydrogen-bond donors (Lipinski definition) is 0. The van der Waals surface area contributed by atoms with Crippen LogP contribution < -0.4 is 0 Å². The maximum Gasteiger partial charge on any atom is 0.274 e. The van der Waals surface area contributed by atoms with Crippen LogP contribution in [-0.4, -0.2) is 40.4 Å². The molecule has 2 heterocycles. The summed E-state index contributed by atoms with van der Waals surface area (Å²) in [6.45, 7) is 5.71. The highest BCUT2D eigenvalue weighted by Crippen LogP contribution is 2.15. The molecule has 1 aliphatic heterocycles. The zero-order valence-corrected chi connectivity index (χ0v) is 11.4. The van der Waals surface area contributed by atoms with Gasteiger partial charge in [0.1, 0.15) is 5.69 Å². The zero-order chi connectivity index (χ0) is 13.8. The predicted octanol–water partition coefficient (Wildman–Crippen LogP) is 1.72. The first-order valence-electron chi connectivity index (χ1n) is 6.73. The highest BCUT2D eigenvalue weighted by Gasteiger charge is 2.22. The molecule has 1 saturated heterocycles. The molecule has 0 radical (unpaired) electrons. The van der Waals surface area contributed by atoms with Crippen LogP contribution in [0.1, 0.15) is 53.2 Å². The fourth-order valence-electron chi connectivity index (χ4n) is 2.33. The van der Waals surface area contributed by atoms with Gasteiger partial charge in [-0.25, -0.2) is 0 Å². The lowest BCUT2D eigenvalue weighted by molar-refractivity contribution is 0.0785. The van der Waals surface area contributed by atoms with E-state index in [4.69, 9.17) is 0 Å². The van der Waals surface area contributed by atoms with Gasteiger partial charge < -0.3 is 4.90 Å². The largest absolute Gasteiger partial charge is 0.337 e. The fourth-order valence-corrected chi connectivity index (χ4v) is 2.33. The molecule has 1 aromatic rings. The first kappa shape index (κ1) is 13.6. The van der Waals surface area contributed by atoms with Crippen LogP contribution in [0.2, 0.25) is 0 Å². The fraction of sp³-hybridized carbons (Fsp3) is 0.571. The van der Waals surface area contributed by atoms with E-state index in [2.05, 4.69) is 24.0 Å². The Labute approximate surface area is 113 Å². The summed E-state index contributed by atoms with van der Waals surface area (Å²) in [6.07, 6.45) is 3.52. The number of likely N-dealkylation sites (tertiary alicyclic amines) is 1. The third-order valence-electron chi connectivity index (χ3n) is 3.26. The van der Waals surface area contributed by atoms with Crippen LogP contribution in [0.15, 0.2) is 6.07 Å². The molecule has 2 rings (SSSR count). The quantitative estimate of drug-likeness (QED) is 0.774. The molecule has 1 aromatic heterocycles. The monoisotopic (exact) mass is 261 g/mol. The van der Waals surface area contributed by atoms with Crippen LogP contribution in [0.25, 0.3) is 0 Å². The molecular weight excluding hydrogens is 242 g/mol. The maximum atomic E-state index is 12.2. The third-order valence-corrected chi connectivity index (χ3v) is 3.26. The molecule has 5 nitrogen and oxygen atoms in total. The van der Waals surface area contributed by atoms with Gasteiger partial charge in [-0.15, -0.1) is 10.2 Å². The smallest absolute Gasteiger partial charge is 0.274 e. The minimum absolute atomic E-state index is 0.0764. The summed E-state index contributed by atoms with van der Waals surface area (Å²) < 4.78 is 0. The molecular formula is C14H19N3O2. The molecule has 0 saturated carbocycles. The van der Waals surface area contributed by atoms with Gasteiger partial charge in [0, 0.05) is 13.1 Å². The number of rotatable bonds is 4. The van der Waals surface area contributed by atoms with E-state index >= 15 is 0 Å². The molecule has 0 N–H and O–H groups in total. The van der Waals surface area contributed by atoms with Crippen molar-refractivity contribution in [3.63, 3.8) is 0 Å². The van der Waals surface area contributed by atoms with E-state index in [1.165, 1.54) is 0 Å². The van der Waals surface area contributed by atoms with E-state index in [1.54, 1.807) is 11.0 Å². The van der Waals surface area contributed by atoms with Crippen molar-refractivity contribution >= 4 is 12.2 Å². The summed E-state index contributed by atoms with van der Waals surface area (Å²) in [6, 6.07) is 1.72. The molecule has 0 atom stereocenters. The highest BCUT2D eigenvalue weighted by molar-refractivity contribution is 5.93. The average Bonchev–Trinajstić information content (AvgIpc) is 2.91. The predicted molar refractivity (Wildman–Crippen MR) is 71.1 cm³/mol. The third kappa shape index (κ3) is 3.16. The van der Waals surface area contributed by atoms with Gasteiger partial charge in [0.15, 0.2) is 12.0 Å². The van der Waals surface area contributed by atoms with Crippen molar-refractivity contribution in [1.29, 1.82) is 0 Å². The number of amides is 1. The van der Waals surface area contributed by atoms with Gasteiger partial charge in [0.2, 0.25) is 0 Å². The second kappa shape index (κ2) is 5.91. The summed E-state index contributed by atoms with van der Waals surface area (Å²) >= 11 is 0. The average molecular weight is 261 g/mol. The molecule has 0 aromatic carbocycles. The Hall–Kier alpha value is -1.78. The summed E-state index contributed by atoms with van der Waals surface area (Å²) in [5.74, 6) is 0.324. The van der Waals surface area contributed by atoms with Crippen molar-refractivity contribution in [3.05, 3.63) is 23.0 Å². The number of aromatic nitrogens is 2. The Kier molecular flexibility index (Phi) is 4.24. The lowest BCUT2D eigenvalue weighted by Crippen LogP contribution is -2.29. The van der Waals surface area contributed by atoms with E-state index in [1.807, 2.05) is 0 Å². The van der Waals surface area contributed by atoms with Gasteiger partial charge in [0.25, 0.3) is 5.91 Å². The SMILES string of the molecule is CC(C)Cc1cc(C(=O)N2CCCC2)nnc1C=O. The maximum absolute atomic E-state index is 12.2. The number of hydrogen-bond acceptors (Lipinski definition) is 4. The van der Waals surface area contributed by atoms with Crippen LogP contribution in [0.3, 0.4) is 0 Å². The van der Waals surface area contributed by atoms with Gasteiger partial charge >= 0.3 is 0 Å². The van der Waals surface area contributed by atoms with Gasteiger partial charge in [-0.05, 0) is 36.8 Å². The van der Waals surface area contributed by atoms with Gasteiger partial charge in [-0.3, -0.25) is 9.59 Å². The van der Waals surface area contributed by atoms with Gasteiger partial charge in [0.05, 0.1) is 0 Å². The van der Waals surface area contributed by atoms with Crippen LogP contribution in [0, 0.1) is 5.92 Å². The van der Waals surface area contributed by atoms with E-state index in [-0.39, 0.29) is 5.91 Å². The lowest BCUT2D eigenvalue weighted by atomic mass is 10.0. The topological polar surface area (TPSA) is 63.2 Å². The Balaban J connectivity index is 2.26. The zero-order valence-electron chi connectivity index (χ0n) is 11.4. The van der Waals surface area contributed by atoms with E-state index in [0.717, 1.165) is 37.9 Å². The lowest BCUT2D eigenvalue weighted by Gasteiger charge is -2.15. The standard InChI is InChI=1S/C14H19N3O2/c1-10(2)7-11-8-12(15-16-13(11)9-18)14(19)17-5-3-4-6-17/h8-10H,3-7H2,1-2H3. The van der Waals surface area contributed by atoms with Gasteiger partial charge in [-0.2, -0.15) is 0 Å². The van der Waals surface area contributed by atoms with Crippen molar-refractivity contribution in [2.45, 2.75) is 33.1 Å². The Morgan fingerprint density at radius 2 is 2.05 bits per heavy atom. The highest BCUT2D eigenvalue weighted by atomic mass is 16.2. The molecule has 0 spiro atoms. The van der Waals surface area contributed by atoms with E-state index < -0.39 is 0 Å². The van der Waals surface area contributed by atoms with E-state index in [0.29, 0.717) is 23.6 Å². The van der Waals surface area contributed by atoms with Crippen LogP contribution in [0.4, 0.5) is 0 Å². The first-order chi connectivity index (χ1) is 9.11. The Morgan fingerprint density at radius 1 is 1.37 bits per heavy atom. The van der Waals surface area contributed by atoms with E-state index in [9.17, 15) is 9.59 Å². The van der Waals surface area contributed by atoms with Crippen molar-refractivity contribution in [2.75, 3.05) is 13.1 Å². The number of carbonyl (C=O) groups is 2. The second-order valence-corrected chi connectivity index (χ2v) is 5.36. The van der Waals surface area contributed by atoms with Crippen LogP contribution in [0.5, 0.6) is 0 Å². The molecule has 5 heteroatoms. The van der Waals surface area contributed by atoms with Crippen molar-refractivity contribution < 1.29 is 9.59 Å². The molecule has 1 aliphatic rings. The number of aldehydes is 1. The molecule has 1 amide bonds. The summed E-state index contributed by atoms with van der Waals surface area (Å²) in [7, 11) is 0. The number of carbonyl (C=O) groups excluding carboxylic acids is 2. The molecule has 102 valence electrons. The van der Waals surface area contributed by atoms with Crippen molar-refractivity contribution in [2.24, 2.45) is 5.92 Å². The minimum Gasteiger partial charge on any atom is -0.337 e.